The standard InChI is InChI=1S/C14H17N5O2/c15-19-13-9-16-8-12(18-13)14(21)17-11-5-1-3-10(7-11)4-2-6-20/h1,3,5,7-9,20H,2,4,6,15H2,(H,17,21)(H,18,19). The van der Waals surface area contributed by atoms with Gasteiger partial charge in [-0.25, -0.2) is 10.8 Å². The van der Waals surface area contributed by atoms with E-state index in [4.69, 9.17) is 10.9 Å². The molecule has 0 saturated carbocycles. The second-order valence-corrected chi connectivity index (χ2v) is 4.42. The van der Waals surface area contributed by atoms with Crippen molar-refractivity contribution in [1.29, 1.82) is 0 Å². The van der Waals surface area contributed by atoms with E-state index in [1.807, 2.05) is 18.2 Å². The van der Waals surface area contributed by atoms with Crippen molar-refractivity contribution in [3.63, 3.8) is 0 Å². The lowest BCUT2D eigenvalue weighted by atomic mass is 10.1. The van der Waals surface area contributed by atoms with E-state index >= 15 is 0 Å². The van der Waals surface area contributed by atoms with Crippen molar-refractivity contribution >= 4 is 17.4 Å². The predicted molar refractivity (Wildman–Crippen MR) is 79.6 cm³/mol. The lowest BCUT2D eigenvalue weighted by Gasteiger charge is -2.07. The Kier molecular flexibility index (Phi) is 5.19. The van der Waals surface area contributed by atoms with Crippen LogP contribution in [0.4, 0.5) is 11.5 Å². The Bertz CT molecular complexity index is 618. The number of nitrogen functional groups attached to an aromatic ring is 1. The molecule has 7 nitrogen and oxygen atoms in total. The number of aryl methyl sites for hydroxylation is 1. The average Bonchev–Trinajstić information content (AvgIpc) is 2.53. The monoisotopic (exact) mass is 287 g/mol. The third-order valence-corrected chi connectivity index (χ3v) is 2.82. The average molecular weight is 287 g/mol. The molecule has 1 heterocycles. The largest absolute Gasteiger partial charge is 0.396 e. The molecule has 0 radical (unpaired) electrons. The van der Waals surface area contributed by atoms with E-state index in [1.165, 1.54) is 12.4 Å². The molecule has 2 rings (SSSR count). The van der Waals surface area contributed by atoms with E-state index in [0.29, 0.717) is 17.9 Å². The number of hydrogen-bond donors (Lipinski definition) is 4. The zero-order chi connectivity index (χ0) is 15.1. The van der Waals surface area contributed by atoms with Gasteiger partial charge in [-0.2, -0.15) is 0 Å². The molecule has 21 heavy (non-hydrogen) atoms. The van der Waals surface area contributed by atoms with Crippen LogP contribution in [0, 0.1) is 0 Å². The minimum atomic E-state index is -0.362. The van der Waals surface area contributed by atoms with Gasteiger partial charge >= 0.3 is 0 Å². The summed E-state index contributed by atoms with van der Waals surface area (Å²) in [4.78, 5) is 20.0. The summed E-state index contributed by atoms with van der Waals surface area (Å²) in [5.41, 5.74) is 4.23. The van der Waals surface area contributed by atoms with Crippen molar-refractivity contribution in [3.8, 4) is 0 Å². The number of benzene rings is 1. The molecule has 0 bridgehead atoms. The molecule has 0 spiro atoms. The maximum absolute atomic E-state index is 12.1. The first-order chi connectivity index (χ1) is 10.2. The van der Waals surface area contributed by atoms with Gasteiger partial charge in [0.05, 0.1) is 12.4 Å². The van der Waals surface area contributed by atoms with E-state index in [-0.39, 0.29) is 18.2 Å². The lowest BCUT2D eigenvalue weighted by Crippen LogP contribution is -2.16. The first-order valence-corrected chi connectivity index (χ1v) is 6.52. The molecular weight excluding hydrogens is 270 g/mol. The molecule has 110 valence electrons. The fourth-order valence-corrected chi connectivity index (χ4v) is 1.83. The third-order valence-electron chi connectivity index (χ3n) is 2.82. The highest BCUT2D eigenvalue weighted by Crippen LogP contribution is 2.13. The van der Waals surface area contributed by atoms with Crippen molar-refractivity contribution in [2.75, 3.05) is 17.3 Å². The van der Waals surface area contributed by atoms with Crippen LogP contribution in [0.3, 0.4) is 0 Å². The van der Waals surface area contributed by atoms with Gasteiger partial charge in [0.25, 0.3) is 5.91 Å². The molecule has 0 aliphatic rings. The van der Waals surface area contributed by atoms with E-state index in [9.17, 15) is 4.79 Å². The molecule has 7 heteroatoms. The molecule has 0 aliphatic carbocycles. The van der Waals surface area contributed by atoms with Crippen LogP contribution in [0.2, 0.25) is 0 Å². The maximum atomic E-state index is 12.1. The number of amides is 1. The minimum absolute atomic E-state index is 0.144. The second kappa shape index (κ2) is 7.32. The molecule has 0 aliphatic heterocycles. The van der Waals surface area contributed by atoms with Crippen LogP contribution in [0.1, 0.15) is 22.5 Å². The van der Waals surface area contributed by atoms with E-state index in [1.54, 1.807) is 6.07 Å². The Labute approximate surface area is 122 Å². The molecular formula is C14H17N5O2. The first-order valence-electron chi connectivity index (χ1n) is 6.52. The maximum Gasteiger partial charge on any atom is 0.275 e. The van der Waals surface area contributed by atoms with Crippen LogP contribution in [-0.4, -0.2) is 27.6 Å². The van der Waals surface area contributed by atoms with Crippen LogP contribution in [0.25, 0.3) is 0 Å². The number of anilines is 2. The van der Waals surface area contributed by atoms with Gasteiger partial charge in [0.2, 0.25) is 0 Å². The molecule has 0 unspecified atom stereocenters. The first kappa shape index (κ1) is 14.9. The van der Waals surface area contributed by atoms with Gasteiger partial charge in [0.15, 0.2) is 5.82 Å². The summed E-state index contributed by atoms with van der Waals surface area (Å²) in [7, 11) is 0. The lowest BCUT2D eigenvalue weighted by molar-refractivity contribution is 0.102. The number of aromatic nitrogens is 2. The van der Waals surface area contributed by atoms with Crippen molar-refractivity contribution in [2.24, 2.45) is 5.84 Å². The fourth-order valence-electron chi connectivity index (χ4n) is 1.83. The van der Waals surface area contributed by atoms with Gasteiger partial charge in [-0.05, 0) is 30.5 Å². The number of aliphatic hydroxyl groups excluding tert-OH is 1. The summed E-state index contributed by atoms with van der Waals surface area (Å²) >= 11 is 0. The summed E-state index contributed by atoms with van der Waals surface area (Å²) in [6.07, 6.45) is 4.23. The summed E-state index contributed by atoms with van der Waals surface area (Å²) in [5, 5.41) is 11.6. The number of carbonyl (C=O) groups is 1. The van der Waals surface area contributed by atoms with Crippen LogP contribution in [-0.2, 0) is 6.42 Å². The second-order valence-electron chi connectivity index (χ2n) is 4.42. The fraction of sp³-hybridized carbons (Fsp3) is 0.214. The number of hydrazine groups is 1. The van der Waals surface area contributed by atoms with Crippen molar-refractivity contribution in [2.45, 2.75) is 12.8 Å². The van der Waals surface area contributed by atoms with Crippen LogP contribution in [0.5, 0.6) is 0 Å². The molecule has 2 aromatic rings. The molecule has 0 saturated heterocycles. The van der Waals surface area contributed by atoms with Crippen molar-refractivity contribution in [3.05, 3.63) is 47.9 Å². The Morgan fingerprint density at radius 1 is 1.33 bits per heavy atom. The van der Waals surface area contributed by atoms with Gasteiger partial charge in [-0.1, -0.05) is 12.1 Å². The highest BCUT2D eigenvalue weighted by atomic mass is 16.2. The SMILES string of the molecule is NNc1cncc(C(=O)Nc2cccc(CCCO)c2)n1. The number of carbonyl (C=O) groups excluding carboxylic acids is 1. The summed E-state index contributed by atoms with van der Waals surface area (Å²) in [5.74, 6) is 5.19. The topological polar surface area (TPSA) is 113 Å². The zero-order valence-corrected chi connectivity index (χ0v) is 11.4. The smallest absolute Gasteiger partial charge is 0.275 e. The van der Waals surface area contributed by atoms with Gasteiger partial charge in [-0.3, -0.25) is 9.78 Å². The number of nitrogens with two attached hydrogens (primary N) is 1. The number of nitrogens with one attached hydrogen (secondary N) is 2. The summed E-state index contributed by atoms with van der Waals surface area (Å²) < 4.78 is 0. The van der Waals surface area contributed by atoms with Gasteiger partial charge in [0.1, 0.15) is 5.69 Å². The molecule has 0 fully saturated rings. The number of nitrogens with zero attached hydrogens (tertiary/aromatic N) is 2. The van der Waals surface area contributed by atoms with Crippen molar-refractivity contribution < 1.29 is 9.90 Å². The van der Waals surface area contributed by atoms with E-state index in [0.717, 1.165) is 12.0 Å². The third kappa shape index (κ3) is 4.23. The highest BCUT2D eigenvalue weighted by Gasteiger charge is 2.09. The molecule has 0 atom stereocenters. The Balaban J connectivity index is 2.08. The van der Waals surface area contributed by atoms with Gasteiger partial charge in [0, 0.05) is 12.3 Å². The van der Waals surface area contributed by atoms with Crippen LogP contribution >= 0.6 is 0 Å². The van der Waals surface area contributed by atoms with E-state index in [2.05, 4.69) is 20.7 Å². The highest BCUT2D eigenvalue weighted by molar-refractivity contribution is 6.02. The quantitative estimate of drug-likeness (QED) is 0.464. The minimum Gasteiger partial charge on any atom is -0.396 e. The van der Waals surface area contributed by atoms with Crippen LogP contribution < -0.4 is 16.6 Å². The number of rotatable bonds is 6. The number of aliphatic hydroxyl groups is 1. The number of hydrogen-bond acceptors (Lipinski definition) is 6. The van der Waals surface area contributed by atoms with Gasteiger partial charge in [-0.15, -0.1) is 0 Å². The van der Waals surface area contributed by atoms with E-state index < -0.39 is 0 Å². The zero-order valence-electron chi connectivity index (χ0n) is 11.4. The Morgan fingerprint density at radius 2 is 2.19 bits per heavy atom. The molecule has 1 amide bonds. The Morgan fingerprint density at radius 3 is 2.95 bits per heavy atom. The molecule has 5 N–H and O–H groups in total. The van der Waals surface area contributed by atoms with Gasteiger partial charge < -0.3 is 15.8 Å². The normalized spacial score (nSPS) is 10.2. The predicted octanol–water partition coefficient (Wildman–Crippen LogP) is 0.939. The van der Waals surface area contributed by atoms with Crippen LogP contribution in [0.15, 0.2) is 36.7 Å². The summed E-state index contributed by atoms with van der Waals surface area (Å²) in [6, 6.07) is 7.46. The molecule has 1 aromatic heterocycles. The Hall–Kier alpha value is -2.51. The summed E-state index contributed by atoms with van der Waals surface area (Å²) in [6.45, 7) is 0.144. The van der Waals surface area contributed by atoms with Crippen molar-refractivity contribution in [1.82, 2.24) is 9.97 Å². The molecule has 1 aromatic carbocycles.